The summed E-state index contributed by atoms with van der Waals surface area (Å²) >= 11 is 1.30. The number of para-hydroxylation sites is 1. The number of phenolic OH excluding ortho intramolecular Hbond substituents is 1. The molecule has 27 nitrogen and oxygen atoms in total. The molecule has 33 heteroatoms. The summed E-state index contributed by atoms with van der Waals surface area (Å²) in [5.41, 5.74) is -1.65. The van der Waals surface area contributed by atoms with Crippen molar-refractivity contribution in [2.75, 3.05) is 12.4 Å². The summed E-state index contributed by atoms with van der Waals surface area (Å²) in [6.45, 7) is 1.45. The molecule has 0 amide bonds. The van der Waals surface area contributed by atoms with E-state index in [9.17, 15) is 74.8 Å². The number of nitrogens with zero attached hydrogens (tertiary/aromatic N) is 8. The van der Waals surface area contributed by atoms with Gasteiger partial charge in [-0.05, 0) is 79.6 Å². The zero-order valence-corrected chi connectivity index (χ0v) is 44.6. The van der Waals surface area contributed by atoms with Crippen LogP contribution >= 0.6 is 11.3 Å². The van der Waals surface area contributed by atoms with E-state index in [0.29, 0.717) is 44.8 Å². The molecule has 79 heavy (non-hydrogen) atoms. The number of aromatic hydroxyl groups is 1. The number of aromatic amines is 1. The summed E-state index contributed by atoms with van der Waals surface area (Å²) in [6.07, 6.45) is -0.132. The van der Waals surface area contributed by atoms with Crippen LogP contribution in [0.1, 0.15) is 12.0 Å². The number of ether oxygens (including phenoxy) is 1. The number of thiazole rings is 1. The van der Waals surface area contributed by atoms with Crippen LogP contribution in [0.2, 0.25) is 0 Å². The minimum atomic E-state index is -5.45. The van der Waals surface area contributed by atoms with Crippen molar-refractivity contribution in [2.45, 2.75) is 32.9 Å². The van der Waals surface area contributed by atoms with Crippen LogP contribution in [0.15, 0.2) is 170 Å². The Hall–Kier alpha value is -8.09. The van der Waals surface area contributed by atoms with E-state index < -0.39 is 115 Å². The predicted molar refractivity (Wildman–Crippen MR) is 284 cm³/mol. The van der Waals surface area contributed by atoms with Crippen LogP contribution < -0.4 is 10.3 Å². The molecule has 0 fully saturated rings. The zero-order valence-electron chi connectivity index (χ0n) is 39.7. The van der Waals surface area contributed by atoms with Gasteiger partial charge in [0.05, 0.1) is 44.5 Å². The number of hydrogen-bond acceptors (Lipinski definition) is 21. The molecule has 0 unspecified atom stereocenters. The van der Waals surface area contributed by atoms with Crippen LogP contribution in [0.4, 0.5) is 33.6 Å². The fourth-order valence-electron chi connectivity index (χ4n) is 7.94. The first-order valence-electron chi connectivity index (χ1n) is 22.1. The SMILES string of the molecule is Cc1cc(N=Nc2ccc3c(S(=O)(=O)O)c(N=Nc4c(-c5ccccc5)[nH]n(-c5cc(S(=O)(=O)O)c6cc(S(=O)(=O)O)cc(S(=O)(=O)O)c6c5)c4=O)ccc3c2O)c(OCCCS(=O)(=O)O)cc1N=Nc1nc2ccccc2s1. The lowest BCUT2D eigenvalue weighted by atomic mass is 10.1. The van der Waals surface area contributed by atoms with Crippen LogP contribution in [0, 0.1) is 6.92 Å². The topological polar surface area (TPSA) is 426 Å². The monoisotopic (exact) mass is 1190 g/mol. The second kappa shape index (κ2) is 20.9. The van der Waals surface area contributed by atoms with Crippen LogP contribution in [-0.2, 0) is 50.6 Å². The minimum absolute atomic E-state index is 0.0275. The Bertz CT molecular complexity index is 4720. The van der Waals surface area contributed by atoms with Gasteiger partial charge in [-0.15, -0.1) is 30.7 Å². The molecule has 9 aromatic rings. The molecule has 0 saturated carbocycles. The Morgan fingerprint density at radius 2 is 1.23 bits per heavy atom. The number of hydrogen-bond donors (Lipinski definition) is 7. The third-order valence-corrected chi connectivity index (χ3v) is 16.8. The lowest BCUT2D eigenvalue weighted by Gasteiger charge is -2.13. The van der Waals surface area contributed by atoms with Crippen molar-refractivity contribution < 1.29 is 74.7 Å². The lowest BCUT2D eigenvalue weighted by molar-refractivity contribution is 0.317. The Kier molecular flexibility index (Phi) is 14.8. The van der Waals surface area contributed by atoms with Gasteiger partial charge in [0.25, 0.3) is 56.1 Å². The molecule has 0 aliphatic carbocycles. The third kappa shape index (κ3) is 12.0. The summed E-state index contributed by atoms with van der Waals surface area (Å²) in [7, 11) is -25.8. The van der Waals surface area contributed by atoms with E-state index in [-0.39, 0.29) is 52.2 Å². The van der Waals surface area contributed by atoms with Gasteiger partial charge in [0.15, 0.2) is 11.4 Å². The van der Waals surface area contributed by atoms with Gasteiger partial charge in [-0.1, -0.05) is 59.9 Å². The Morgan fingerprint density at radius 1 is 0.608 bits per heavy atom. The van der Waals surface area contributed by atoms with E-state index in [0.717, 1.165) is 29.0 Å². The number of aryl methyl sites for hydroxylation is 1. The Labute approximate surface area is 449 Å². The number of aromatic nitrogens is 3. The van der Waals surface area contributed by atoms with Gasteiger partial charge in [-0.2, -0.15) is 42.1 Å². The van der Waals surface area contributed by atoms with Crippen LogP contribution in [0.3, 0.4) is 0 Å². The highest BCUT2D eigenvalue weighted by molar-refractivity contribution is 7.87. The molecular weight excluding hydrogens is 1160 g/mol. The second-order valence-electron chi connectivity index (χ2n) is 16.8. The van der Waals surface area contributed by atoms with Crippen LogP contribution in [-0.4, -0.2) is 97.1 Å². The smallest absolute Gasteiger partial charge is 0.299 e. The molecule has 7 N–H and O–H groups in total. The summed E-state index contributed by atoms with van der Waals surface area (Å²) in [4.78, 5) is 14.2. The van der Waals surface area contributed by atoms with E-state index >= 15 is 0 Å². The molecule has 2 heterocycles. The molecule has 0 aliphatic rings. The number of rotatable bonds is 17. The molecular formula is C46H35N9O18S6. The van der Waals surface area contributed by atoms with Gasteiger partial charge in [0, 0.05) is 33.2 Å². The van der Waals surface area contributed by atoms with Crippen molar-refractivity contribution in [1.29, 1.82) is 0 Å². The largest absolute Gasteiger partial charge is 0.505 e. The van der Waals surface area contributed by atoms with E-state index in [1.54, 1.807) is 13.0 Å². The number of nitrogens with one attached hydrogen (secondary N) is 1. The van der Waals surface area contributed by atoms with Gasteiger partial charge >= 0.3 is 0 Å². The number of H-pyrrole nitrogens is 1. The van der Waals surface area contributed by atoms with Gasteiger partial charge in [0.1, 0.15) is 37.5 Å². The van der Waals surface area contributed by atoms with E-state index in [1.807, 2.05) is 24.3 Å². The molecule has 0 spiro atoms. The van der Waals surface area contributed by atoms with Crippen molar-refractivity contribution in [3.63, 3.8) is 0 Å². The highest BCUT2D eigenvalue weighted by atomic mass is 32.2. The maximum Gasteiger partial charge on any atom is 0.299 e. The average Bonchev–Trinajstić information content (AvgIpc) is 4.02. The summed E-state index contributed by atoms with van der Waals surface area (Å²) in [5, 5.41) is 37.4. The molecule has 0 bridgehead atoms. The normalized spacial score (nSPS) is 13.0. The number of phenols is 1. The number of benzene rings is 7. The van der Waals surface area contributed by atoms with E-state index in [1.165, 1.54) is 53.8 Å². The number of fused-ring (bicyclic) bond motifs is 3. The average molecular weight is 1190 g/mol. The molecule has 408 valence electrons. The van der Waals surface area contributed by atoms with E-state index in [4.69, 9.17) is 4.74 Å². The number of azo groups is 3. The summed E-state index contributed by atoms with van der Waals surface area (Å²) < 4.78 is 181. The molecule has 0 aliphatic heterocycles. The van der Waals surface area contributed by atoms with E-state index in [2.05, 4.69) is 40.8 Å². The molecule has 9 rings (SSSR count). The lowest BCUT2D eigenvalue weighted by Crippen LogP contribution is -2.15. The van der Waals surface area contributed by atoms with Crippen LogP contribution in [0.5, 0.6) is 11.5 Å². The molecule has 0 atom stereocenters. The third-order valence-electron chi connectivity index (χ3n) is 11.5. The molecule has 0 saturated heterocycles. The second-order valence-corrected chi connectivity index (χ2v) is 24.9. The fraction of sp³-hybridized carbons (Fsp3) is 0.0870. The first-order chi connectivity index (χ1) is 37.0. The van der Waals surface area contributed by atoms with Gasteiger partial charge in [-0.25, -0.2) is 9.67 Å². The molecule has 0 radical (unpaired) electrons. The van der Waals surface area contributed by atoms with Crippen molar-refractivity contribution in [3.8, 4) is 28.4 Å². The maximum absolute atomic E-state index is 14.4. The van der Waals surface area contributed by atoms with Crippen molar-refractivity contribution >= 4 is 127 Å². The highest BCUT2D eigenvalue weighted by Crippen LogP contribution is 2.44. The van der Waals surface area contributed by atoms with Gasteiger partial charge < -0.3 is 9.84 Å². The Morgan fingerprint density at radius 3 is 1.90 bits per heavy atom. The fourth-order valence-corrected chi connectivity index (χ4v) is 12.1. The Balaban J connectivity index is 1.11. The zero-order chi connectivity index (χ0) is 57.0. The first kappa shape index (κ1) is 55.7. The first-order valence-corrected chi connectivity index (χ1v) is 30.3. The molecule has 7 aromatic carbocycles. The maximum atomic E-state index is 14.4. The minimum Gasteiger partial charge on any atom is -0.505 e. The summed E-state index contributed by atoms with van der Waals surface area (Å²) in [6, 6.07) is 24.6. The van der Waals surface area contributed by atoms with Crippen molar-refractivity contribution in [1.82, 2.24) is 14.8 Å². The predicted octanol–water partition coefficient (Wildman–Crippen LogP) is 9.65. The van der Waals surface area contributed by atoms with Crippen molar-refractivity contribution in [2.24, 2.45) is 30.7 Å². The van der Waals surface area contributed by atoms with Gasteiger partial charge in [-0.3, -0.25) is 32.7 Å². The van der Waals surface area contributed by atoms with Crippen LogP contribution in [0.25, 0.3) is 48.7 Å². The van der Waals surface area contributed by atoms with Gasteiger partial charge in [0.2, 0.25) is 5.13 Å². The summed E-state index contributed by atoms with van der Waals surface area (Å²) in [5.74, 6) is -1.25. The highest BCUT2D eigenvalue weighted by Gasteiger charge is 2.28. The standard InChI is InChI=1S/C46H35N9O18S6/c1-24-18-36(37(73-16-7-17-75(58,59)60)23-35(24)50-53-46-47-32-10-5-6-11-38(32)74-46)51-48-33-14-13-29-28(43(33)56)12-15-34(44(29)79(70,71)72)49-52-42-41(25-8-3-2-4-9-25)54-55(45(42)57)26-19-30-31(39(20-26)77(64,65)66)21-27(76(61,62)63)22-40(30)78(67,68)69/h2-6,8-15,18-23,54,56H,7,16-17H2,1H3,(H,58,59,60)(H,61,62,63)(H,64,65,66)(H,67,68,69)(H,70,71,72). The quantitative estimate of drug-likeness (QED) is 0.0253. The van der Waals surface area contributed by atoms with Crippen molar-refractivity contribution in [3.05, 3.63) is 131 Å². The molecule has 2 aromatic heterocycles.